The Bertz CT molecular complexity index is 371. The highest BCUT2D eigenvalue weighted by Gasteiger charge is 2.18. The fraction of sp³-hybridized carbons (Fsp3) is 0.857. The lowest BCUT2D eigenvalue weighted by Crippen LogP contribution is -2.40. The number of hydrogen-bond donors (Lipinski definition) is 2. The van der Waals surface area contributed by atoms with Gasteiger partial charge in [0.2, 0.25) is 5.91 Å². The van der Waals surface area contributed by atoms with Crippen molar-refractivity contribution in [2.45, 2.75) is 116 Å². The predicted octanol–water partition coefficient (Wildman–Crippen LogP) is 4.93. The van der Waals surface area contributed by atoms with Crippen molar-refractivity contribution in [3.8, 4) is 0 Å². The molecule has 0 heterocycles. The molecule has 0 spiro atoms. The van der Waals surface area contributed by atoms with Gasteiger partial charge in [-0.1, -0.05) is 84.0 Å². The van der Waals surface area contributed by atoms with Gasteiger partial charge in [0.05, 0.1) is 0 Å². The van der Waals surface area contributed by atoms with Crippen molar-refractivity contribution in [2.24, 2.45) is 0 Å². The molecule has 0 rings (SSSR count). The van der Waals surface area contributed by atoms with Crippen LogP contribution in [0.25, 0.3) is 0 Å². The number of nitrogens with one attached hydrogen (secondary N) is 1. The average Bonchev–Trinajstić information content (AvgIpc) is 2.62. The summed E-state index contributed by atoms with van der Waals surface area (Å²) in [5.74, 6) is -1.34. The van der Waals surface area contributed by atoms with Gasteiger partial charge in [0.25, 0.3) is 0 Å². The first-order valence-electron chi connectivity index (χ1n) is 10.5. The Kier molecular flexibility index (Phi) is 17.4. The van der Waals surface area contributed by atoms with Gasteiger partial charge in [-0.3, -0.25) is 9.59 Å². The summed E-state index contributed by atoms with van der Waals surface area (Å²) in [5.41, 5.74) is 0. The van der Waals surface area contributed by atoms with Crippen molar-refractivity contribution >= 4 is 18.2 Å². The van der Waals surface area contributed by atoms with E-state index in [0.717, 1.165) is 19.3 Å². The summed E-state index contributed by atoms with van der Waals surface area (Å²) in [6.45, 7) is 2.24. The number of aliphatic carboxylic acids is 1. The minimum absolute atomic E-state index is 0.0238. The number of carboxylic acids is 1. The third kappa shape index (κ3) is 16.1. The third-order valence-electron chi connectivity index (χ3n) is 4.68. The smallest absolute Gasteiger partial charge is 0.326 e. The topological polar surface area (TPSA) is 83.5 Å². The third-order valence-corrected chi connectivity index (χ3v) is 4.68. The molecule has 0 unspecified atom stereocenters. The van der Waals surface area contributed by atoms with E-state index in [1.165, 1.54) is 64.2 Å². The minimum atomic E-state index is -1.10. The number of hydrogen-bond acceptors (Lipinski definition) is 3. The van der Waals surface area contributed by atoms with E-state index in [2.05, 4.69) is 12.2 Å². The Labute approximate surface area is 159 Å². The second-order valence-corrected chi connectivity index (χ2v) is 7.13. The van der Waals surface area contributed by atoms with Crippen LogP contribution in [0.1, 0.15) is 110 Å². The number of carbonyl (C=O) groups is 2. The maximum Gasteiger partial charge on any atom is 0.326 e. The average molecular weight is 369 g/mol. The monoisotopic (exact) mass is 368 g/mol. The van der Waals surface area contributed by atoms with E-state index in [4.69, 9.17) is 5.11 Å². The van der Waals surface area contributed by atoms with Crippen molar-refractivity contribution in [3.05, 3.63) is 0 Å². The van der Waals surface area contributed by atoms with Crippen LogP contribution in [-0.2, 0) is 14.4 Å². The van der Waals surface area contributed by atoms with Crippen LogP contribution < -0.4 is 5.32 Å². The molecule has 0 aromatic rings. The molecule has 5 nitrogen and oxygen atoms in total. The molecule has 0 aliphatic carbocycles. The molecule has 151 valence electrons. The van der Waals surface area contributed by atoms with Crippen molar-refractivity contribution in [1.82, 2.24) is 5.32 Å². The van der Waals surface area contributed by atoms with Crippen LogP contribution in [0.3, 0.4) is 0 Å². The zero-order valence-corrected chi connectivity index (χ0v) is 16.6. The van der Waals surface area contributed by atoms with Gasteiger partial charge in [-0.2, -0.15) is 0 Å². The fourth-order valence-electron chi connectivity index (χ4n) is 3.03. The normalized spacial score (nSPS) is 11.9. The Morgan fingerprint density at radius 3 is 1.73 bits per heavy atom. The molecule has 0 aliphatic rings. The zero-order chi connectivity index (χ0) is 19.5. The number of carboxylic acid groups (broad SMARTS) is 1. The van der Waals surface area contributed by atoms with Gasteiger partial charge in [0.1, 0.15) is 6.04 Å². The number of amides is 1. The van der Waals surface area contributed by atoms with E-state index < -0.39 is 12.0 Å². The van der Waals surface area contributed by atoms with Crippen LogP contribution in [0.15, 0.2) is 0 Å². The van der Waals surface area contributed by atoms with E-state index in [-0.39, 0.29) is 18.7 Å². The summed E-state index contributed by atoms with van der Waals surface area (Å²) in [5, 5.41) is 11.5. The van der Waals surface area contributed by atoms with Crippen molar-refractivity contribution < 1.29 is 19.5 Å². The SMILES string of the molecule is CCCCCCCCCCCCCCCC(=O)N[C@@H](CC[C]=O)C(=O)O. The quantitative estimate of drug-likeness (QED) is 0.317. The highest BCUT2D eigenvalue weighted by Crippen LogP contribution is 2.13. The first kappa shape index (κ1) is 24.6. The van der Waals surface area contributed by atoms with Crippen LogP contribution in [0.4, 0.5) is 0 Å². The summed E-state index contributed by atoms with van der Waals surface area (Å²) in [6.07, 6.45) is 18.3. The first-order chi connectivity index (χ1) is 12.6. The second-order valence-electron chi connectivity index (χ2n) is 7.13. The largest absolute Gasteiger partial charge is 0.480 e. The van der Waals surface area contributed by atoms with Gasteiger partial charge >= 0.3 is 5.97 Å². The molecule has 0 aromatic heterocycles. The number of unbranched alkanes of at least 4 members (excludes halogenated alkanes) is 12. The van der Waals surface area contributed by atoms with Crippen molar-refractivity contribution in [3.63, 3.8) is 0 Å². The Hall–Kier alpha value is -1.39. The van der Waals surface area contributed by atoms with Gasteiger partial charge in [0.15, 0.2) is 6.29 Å². The van der Waals surface area contributed by atoms with Gasteiger partial charge in [-0.25, -0.2) is 4.79 Å². The zero-order valence-electron chi connectivity index (χ0n) is 16.6. The van der Waals surface area contributed by atoms with E-state index in [1.807, 2.05) is 0 Å². The molecule has 5 heteroatoms. The molecule has 26 heavy (non-hydrogen) atoms. The lowest BCUT2D eigenvalue weighted by molar-refractivity contribution is -0.142. The van der Waals surface area contributed by atoms with Crippen LogP contribution in [0.5, 0.6) is 0 Å². The Balaban J connectivity index is 3.44. The number of carbonyl (C=O) groups excluding carboxylic acids is 2. The van der Waals surface area contributed by atoms with Gasteiger partial charge in [0, 0.05) is 12.8 Å². The minimum Gasteiger partial charge on any atom is -0.480 e. The highest BCUT2D eigenvalue weighted by atomic mass is 16.4. The molecule has 1 radical (unpaired) electrons. The predicted molar refractivity (Wildman–Crippen MR) is 105 cm³/mol. The van der Waals surface area contributed by atoms with Crippen LogP contribution in [0.2, 0.25) is 0 Å². The lowest BCUT2D eigenvalue weighted by atomic mass is 10.0. The lowest BCUT2D eigenvalue weighted by Gasteiger charge is -2.12. The summed E-state index contributed by atoms with van der Waals surface area (Å²) in [6, 6.07) is -0.981. The van der Waals surface area contributed by atoms with Gasteiger partial charge in [-0.15, -0.1) is 0 Å². The van der Waals surface area contributed by atoms with Crippen molar-refractivity contribution in [2.75, 3.05) is 0 Å². The molecular weight excluding hydrogens is 330 g/mol. The molecule has 0 saturated heterocycles. The molecular formula is C21H38NO4. The molecule has 0 aromatic carbocycles. The maximum absolute atomic E-state index is 11.7. The fourth-order valence-corrected chi connectivity index (χ4v) is 3.03. The molecule has 0 saturated carbocycles. The van der Waals surface area contributed by atoms with Crippen LogP contribution >= 0.6 is 0 Å². The van der Waals surface area contributed by atoms with E-state index in [9.17, 15) is 14.4 Å². The molecule has 1 atom stereocenters. The summed E-state index contributed by atoms with van der Waals surface area (Å²) in [4.78, 5) is 32.9. The molecule has 0 bridgehead atoms. The van der Waals surface area contributed by atoms with Crippen LogP contribution in [-0.4, -0.2) is 29.3 Å². The molecule has 2 N–H and O–H groups in total. The summed E-state index contributed by atoms with van der Waals surface area (Å²) >= 11 is 0. The van der Waals surface area contributed by atoms with E-state index in [0.29, 0.717) is 6.42 Å². The second kappa shape index (κ2) is 18.4. The summed E-state index contributed by atoms with van der Waals surface area (Å²) in [7, 11) is 0. The Morgan fingerprint density at radius 1 is 0.846 bits per heavy atom. The number of rotatable bonds is 19. The molecule has 1 amide bonds. The van der Waals surface area contributed by atoms with Gasteiger partial charge < -0.3 is 10.4 Å². The standard InChI is InChI=1S/C21H38NO4/c1-2-3-4-5-6-7-8-9-10-11-12-13-14-17-20(24)22-19(21(25)26)16-15-18-23/h19H,2-17H2,1H3,(H,22,24)(H,25,26)/t19-/m0/s1. The first-order valence-corrected chi connectivity index (χ1v) is 10.5. The summed E-state index contributed by atoms with van der Waals surface area (Å²) < 4.78 is 0. The van der Waals surface area contributed by atoms with Crippen molar-refractivity contribution in [1.29, 1.82) is 0 Å². The Morgan fingerprint density at radius 2 is 1.31 bits per heavy atom. The van der Waals surface area contributed by atoms with E-state index in [1.54, 1.807) is 6.29 Å². The molecule has 0 fully saturated rings. The van der Waals surface area contributed by atoms with Crippen LogP contribution in [0, 0.1) is 0 Å². The van der Waals surface area contributed by atoms with E-state index >= 15 is 0 Å². The highest BCUT2D eigenvalue weighted by molar-refractivity contribution is 5.83. The van der Waals surface area contributed by atoms with Gasteiger partial charge in [-0.05, 0) is 12.8 Å². The molecule has 0 aliphatic heterocycles. The maximum atomic E-state index is 11.7.